The van der Waals surface area contributed by atoms with Gasteiger partial charge in [0.05, 0.1) is 0 Å². The number of halogens is 1. The van der Waals surface area contributed by atoms with Gasteiger partial charge in [0.2, 0.25) is 5.91 Å². The minimum atomic E-state index is -0.664. The van der Waals surface area contributed by atoms with Gasteiger partial charge >= 0.3 is 5.97 Å². The second kappa shape index (κ2) is 8.84. The second-order valence-electron chi connectivity index (χ2n) is 5.09. The molecule has 0 unspecified atom stereocenters. The lowest BCUT2D eigenvalue weighted by atomic mass is 10.1. The molecular formula is C18H16ClNO5. The van der Waals surface area contributed by atoms with Crippen molar-refractivity contribution in [2.24, 2.45) is 0 Å². The molecule has 0 spiro atoms. The third kappa shape index (κ3) is 6.27. The maximum absolute atomic E-state index is 12.0. The minimum absolute atomic E-state index is 0.201. The van der Waals surface area contributed by atoms with E-state index in [2.05, 4.69) is 5.32 Å². The normalized spacial score (nSPS) is 10.0. The van der Waals surface area contributed by atoms with E-state index in [4.69, 9.17) is 21.1 Å². The average Bonchev–Trinajstić information content (AvgIpc) is 2.58. The number of hydrogen-bond acceptors (Lipinski definition) is 5. The summed E-state index contributed by atoms with van der Waals surface area (Å²) < 4.78 is 10.1. The number of ketones is 1. The molecule has 0 heterocycles. The zero-order valence-corrected chi connectivity index (χ0v) is 14.2. The standard InChI is InChI=1S/C18H16ClNO5/c1-12(21)20-15-7-5-13(6-8-15)17(22)10-25-18(23)11-24-16-4-2-3-14(19)9-16/h2-9H,10-11H2,1H3,(H,20,21). The second-order valence-corrected chi connectivity index (χ2v) is 5.52. The number of amides is 1. The van der Waals surface area contributed by atoms with Crippen LogP contribution in [-0.4, -0.2) is 30.9 Å². The molecule has 0 aliphatic rings. The number of anilines is 1. The smallest absolute Gasteiger partial charge is 0.344 e. The Morgan fingerprint density at radius 3 is 2.40 bits per heavy atom. The highest BCUT2D eigenvalue weighted by atomic mass is 35.5. The molecule has 1 amide bonds. The van der Waals surface area contributed by atoms with Crippen LogP contribution in [0, 0.1) is 0 Å². The predicted octanol–water partition coefficient (Wildman–Crippen LogP) is 3.10. The summed E-state index contributed by atoms with van der Waals surface area (Å²) in [4.78, 5) is 34.5. The van der Waals surface area contributed by atoms with Crippen molar-refractivity contribution in [3.05, 3.63) is 59.1 Å². The SMILES string of the molecule is CC(=O)Nc1ccc(C(=O)COC(=O)COc2cccc(Cl)c2)cc1. The van der Waals surface area contributed by atoms with Crippen molar-refractivity contribution in [1.82, 2.24) is 0 Å². The first kappa shape index (κ1) is 18.5. The van der Waals surface area contributed by atoms with Crippen LogP contribution in [-0.2, 0) is 14.3 Å². The summed E-state index contributed by atoms with van der Waals surface area (Å²) in [6, 6.07) is 12.9. The van der Waals surface area contributed by atoms with Gasteiger partial charge < -0.3 is 14.8 Å². The third-order valence-electron chi connectivity index (χ3n) is 3.04. The lowest BCUT2D eigenvalue weighted by molar-refractivity contribution is -0.144. The number of carbonyl (C=O) groups excluding carboxylic acids is 3. The van der Waals surface area contributed by atoms with Crippen LogP contribution < -0.4 is 10.1 Å². The van der Waals surface area contributed by atoms with Crippen LogP contribution in [0.25, 0.3) is 0 Å². The molecule has 6 nitrogen and oxygen atoms in total. The van der Waals surface area contributed by atoms with Crippen LogP contribution in [0.2, 0.25) is 5.02 Å². The molecule has 2 aromatic carbocycles. The molecule has 2 rings (SSSR count). The summed E-state index contributed by atoms with van der Waals surface area (Å²) >= 11 is 5.81. The van der Waals surface area contributed by atoms with E-state index in [9.17, 15) is 14.4 Å². The molecule has 25 heavy (non-hydrogen) atoms. The lowest BCUT2D eigenvalue weighted by Gasteiger charge is -2.07. The molecule has 1 N–H and O–H groups in total. The molecule has 0 fully saturated rings. The van der Waals surface area contributed by atoms with E-state index in [1.54, 1.807) is 48.5 Å². The molecule has 2 aromatic rings. The van der Waals surface area contributed by atoms with Gasteiger partial charge in [0.25, 0.3) is 0 Å². The summed E-state index contributed by atoms with van der Waals surface area (Å²) in [6.45, 7) is 0.677. The van der Waals surface area contributed by atoms with Gasteiger partial charge in [0.15, 0.2) is 19.0 Å². The summed E-state index contributed by atoms with van der Waals surface area (Å²) in [5.74, 6) is -0.786. The molecule has 7 heteroatoms. The lowest BCUT2D eigenvalue weighted by Crippen LogP contribution is -2.19. The van der Waals surface area contributed by atoms with Crippen LogP contribution in [0.1, 0.15) is 17.3 Å². The number of carbonyl (C=O) groups is 3. The molecule has 0 aliphatic heterocycles. The van der Waals surface area contributed by atoms with E-state index in [0.717, 1.165) is 0 Å². The predicted molar refractivity (Wildman–Crippen MR) is 93.0 cm³/mol. The number of nitrogens with one attached hydrogen (secondary N) is 1. The highest BCUT2D eigenvalue weighted by Crippen LogP contribution is 2.17. The molecule has 0 saturated carbocycles. The van der Waals surface area contributed by atoms with Crippen LogP contribution in [0.4, 0.5) is 5.69 Å². The van der Waals surface area contributed by atoms with E-state index < -0.39 is 12.6 Å². The monoisotopic (exact) mass is 361 g/mol. The fourth-order valence-electron chi connectivity index (χ4n) is 1.91. The topological polar surface area (TPSA) is 81.7 Å². The molecule has 130 valence electrons. The van der Waals surface area contributed by atoms with Crippen LogP contribution in [0.15, 0.2) is 48.5 Å². The Labute approximate surface area is 149 Å². The molecule has 0 saturated heterocycles. The zero-order valence-electron chi connectivity index (χ0n) is 13.5. The maximum Gasteiger partial charge on any atom is 0.344 e. The van der Waals surface area contributed by atoms with Gasteiger partial charge in [0.1, 0.15) is 5.75 Å². The number of ether oxygens (including phenoxy) is 2. The van der Waals surface area contributed by atoms with E-state index in [1.165, 1.54) is 6.92 Å². The first-order valence-corrected chi connectivity index (χ1v) is 7.76. The summed E-state index contributed by atoms with van der Waals surface area (Å²) in [6.07, 6.45) is 0. The Morgan fingerprint density at radius 1 is 1.04 bits per heavy atom. The number of rotatable bonds is 7. The van der Waals surface area contributed by atoms with Gasteiger partial charge in [-0.25, -0.2) is 4.79 Å². The quantitative estimate of drug-likeness (QED) is 0.605. The molecular weight excluding hydrogens is 346 g/mol. The Hall–Kier alpha value is -2.86. The van der Waals surface area contributed by atoms with Crippen molar-refractivity contribution in [2.75, 3.05) is 18.5 Å². The zero-order chi connectivity index (χ0) is 18.2. The number of hydrogen-bond donors (Lipinski definition) is 1. The molecule has 0 radical (unpaired) electrons. The van der Waals surface area contributed by atoms with Crippen molar-refractivity contribution < 1.29 is 23.9 Å². The molecule has 0 atom stereocenters. The Balaban J connectivity index is 1.78. The summed E-state index contributed by atoms with van der Waals surface area (Å²) in [7, 11) is 0. The maximum atomic E-state index is 12.0. The largest absolute Gasteiger partial charge is 0.482 e. The highest BCUT2D eigenvalue weighted by Gasteiger charge is 2.11. The van der Waals surface area contributed by atoms with E-state index in [-0.39, 0.29) is 18.3 Å². The van der Waals surface area contributed by atoms with Crippen LogP contribution >= 0.6 is 11.6 Å². The minimum Gasteiger partial charge on any atom is -0.482 e. The molecule has 0 aliphatic carbocycles. The van der Waals surface area contributed by atoms with Gasteiger partial charge in [-0.3, -0.25) is 9.59 Å². The van der Waals surface area contributed by atoms with Crippen molar-refractivity contribution >= 4 is 34.9 Å². The van der Waals surface area contributed by atoms with Gasteiger partial charge in [-0.1, -0.05) is 17.7 Å². The van der Waals surface area contributed by atoms with Crippen LogP contribution in [0.3, 0.4) is 0 Å². The molecule has 0 bridgehead atoms. The van der Waals surface area contributed by atoms with Crippen molar-refractivity contribution in [3.8, 4) is 5.75 Å². The van der Waals surface area contributed by atoms with Crippen molar-refractivity contribution in [3.63, 3.8) is 0 Å². The fourth-order valence-corrected chi connectivity index (χ4v) is 2.09. The Morgan fingerprint density at radius 2 is 1.76 bits per heavy atom. The highest BCUT2D eigenvalue weighted by molar-refractivity contribution is 6.30. The van der Waals surface area contributed by atoms with E-state index in [1.807, 2.05) is 0 Å². The summed E-state index contributed by atoms with van der Waals surface area (Å²) in [5.41, 5.74) is 0.952. The summed E-state index contributed by atoms with van der Waals surface area (Å²) in [5, 5.41) is 3.09. The van der Waals surface area contributed by atoms with Gasteiger partial charge in [0, 0.05) is 23.2 Å². The Bertz CT molecular complexity index is 773. The molecule has 0 aromatic heterocycles. The Kier molecular flexibility index (Phi) is 6.54. The number of Topliss-reactive ketones (excluding diaryl/α,β-unsaturated/α-hetero) is 1. The first-order chi connectivity index (χ1) is 11.9. The van der Waals surface area contributed by atoms with Gasteiger partial charge in [-0.05, 0) is 42.5 Å². The first-order valence-electron chi connectivity index (χ1n) is 7.39. The number of esters is 1. The fraction of sp³-hybridized carbons (Fsp3) is 0.167. The van der Waals surface area contributed by atoms with E-state index in [0.29, 0.717) is 22.0 Å². The van der Waals surface area contributed by atoms with Crippen molar-refractivity contribution in [2.45, 2.75) is 6.92 Å². The third-order valence-corrected chi connectivity index (χ3v) is 3.28. The van der Waals surface area contributed by atoms with E-state index >= 15 is 0 Å². The van der Waals surface area contributed by atoms with Gasteiger partial charge in [-0.2, -0.15) is 0 Å². The van der Waals surface area contributed by atoms with Gasteiger partial charge in [-0.15, -0.1) is 0 Å². The van der Waals surface area contributed by atoms with Crippen LogP contribution in [0.5, 0.6) is 5.75 Å². The van der Waals surface area contributed by atoms with Crippen molar-refractivity contribution in [1.29, 1.82) is 0 Å². The number of benzene rings is 2. The average molecular weight is 362 g/mol.